The van der Waals surface area contributed by atoms with Crippen LogP contribution in [0.4, 0.5) is 11.5 Å². The van der Waals surface area contributed by atoms with Crippen molar-refractivity contribution < 1.29 is 9.90 Å². The van der Waals surface area contributed by atoms with Gasteiger partial charge in [0.1, 0.15) is 11.9 Å². The molecule has 1 aliphatic heterocycles. The standard InChI is InChI=1S/C22H29N3O2/c1-14(2)17-10-16(4)23-21(11-17)25-13-19(26)12-20(25)22(27)24(5)18-8-6-7-15(3)9-18/h6-11,14,19-20,26H,12-13H2,1-5H3/t19-,20-/m0/s1. The predicted octanol–water partition coefficient (Wildman–Crippen LogP) is 3.42. The number of amides is 1. The number of likely N-dealkylation sites (N-methyl/N-ethyl adjacent to an activating group) is 1. The molecule has 1 N–H and O–H groups in total. The van der Waals surface area contributed by atoms with Crippen LogP contribution in [0.3, 0.4) is 0 Å². The summed E-state index contributed by atoms with van der Waals surface area (Å²) >= 11 is 0. The number of benzene rings is 1. The minimum absolute atomic E-state index is 0.0217. The van der Waals surface area contributed by atoms with Gasteiger partial charge in [0.25, 0.3) is 0 Å². The number of hydrogen-bond acceptors (Lipinski definition) is 4. The van der Waals surface area contributed by atoms with Gasteiger partial charge in [-0.25, -0.2) is 4.98 Å². The van der Waals surface area contributed by atoms with Crippen molar-refractivity contribution in [2.45, 2.75) is 52.2 Å². The Morgan fingerprint density at radius 1 is 1.26 bits per heavy atom. The van der Waals surface area contributed by atoms with Gasteiger partial charge in [-0.1, -0.05) is 26.0 Å². The summed E-state index contributed by atoms with van der Waals surface area (Å²) in [4.78, 5) is 21.5. The van der Waals surface area contributed by atoms with Crippen LogP contribution in [-0.4, -0.2) is 41.7 Å². The van der Waals surface area contributed by atoms with Crippen LogP contribution in [0.1, 0.15) is 43.0 Å². The molecule has 1 saturated heterocycles. The Bertz CT molecular complexity index is 834. The van der Waals surface area contributed by atoms with Crippen LogP contribution in [0.15, 0.2) is 36.4 Å². The summed E-state index contributed by atoms with van der Waals surface area (Å²) < 4.78 is 0. The van der Waals surface area contributed by atoms with Gasteiger partial charge in [0.05, 0.1) is 6.10 Å². The maximum atomic E-state index is 13.2. The Kier molecular flexibility index (Phi) is 5.51. The zero-order chi connectivity index (χ0) is 19.7. The molecule has 2 aromatic rings. The molecule has 0 saturated carbocycles. The van der Waals surface area contributed by atoms with Crippen LogP contribution in [0.2, 0.25) is 0 Å². The second-order valence-electron chi connectivity index (χ2n) is 7.85. The smallest absolute Gasteiger partial charge is 0.249 e. The monoisotopic (exact) mass is 367 g/mol. The minimum atomic E-state index is -0.533. The van der Waals surface area contributed by atoms with Crippen molar-refractivity contribution in [2.75, 3.05) is 23.4 Å². The van der Waals surface area contributed by atoms with Crippen molar-refractivity contribution in [3.8, 4) is 0 Å². The molecule has 0 unspecified atom stereocenters. The van der Waals surface area contributed by atoms with Crippen molar-refractivity contribution in [1.82, 2.24) is 4.98 Å². The van der Waals surface area contributed by atoms with E-state index in [1.165, 1.54) is 5.56 Å². The number of carbonyl (C=O) groups is 1. The lowest BCUT2D eigenvalue weighted by Gasteiger charge is -2.29. The summed E-state index contributed by atoms with van der Waals surface area (Å²) in [6.45, 7) is 8.69. The lowest BCUT2D eigenvalue weighted by Crippen LogP contribution is -2.44. The number of aliphatic hydroxyl groups is 1. The van der Waals surface area contributed by atoms with Crippen LogP contribution >= 0.6 is 0 Å². The first-order chi connectivity index (χ1) is 12.8. The van der Waals surface area contributed by atoms with Crippen molar-refractivity contribution in [2.24, 2.45) is 0 Å². The van der Waals surface area contributed by atoms with Crippen LogP contribution in [0, 0.1) is 13.8 Å². The summed E-state index contributed by atoms with van der Waals surface area (Å²) in [6.07, 6.45) is -0.114. The van der Waals surface area contributed by atoms with E-state index in [4.69, 9.17) is 0 Å². The molecule has 0 radical (unpaired) electrons. The summed E-state index contributed by atoms with van der Waals surface area (Å²) in [5.41, 5.74) is 4.09. The fourth-order valence-electron chi connectivity index (χ4n) is 3.65. The number of nitrogens with zero attached hydrogens (tertiary/aromatic N) is 3. The number of aryl methyl sites for hydroxylation is 2. The van der Waals surface area contributed by atoms with Gasteiger partial charge in [-0.05, 0) is 55.2 Å². The molecule has 0 bridgehead atoms. The van der Waals surface area contributed by atoms with Gasteiger partial charge in [-0.15, -0.1) is 0 Å². The Hall–Kier alpha value is -2.40. The second kappa shape index (κ2) is 7.69. The first kappa shape index (κ1) is 19.4. The van der Waals surface area contributed by atoms with E-state index in [1.54, 1.807) is 11.9 Å². The molecular formula is C22H29N3O2. The van der Waals surface area contributed by atoms with E-state index in [0.717, 1.165) is 22.8 Å². The highest BCUT2D eigenvalue weighted by molar-refractivity contribution is 5.99. The third kappa shape index (κ3) is 4.14. The minimum Gasteiger partial charge on any atom is -0.391 e. The first-order valence-electron chi connectivity index (χ1n) is 9.53. The highest BCUT2D eigenvalue weighted by Crippen LogP contribution is 2.29. The lowest BCUT2D eigenvalue weighted by molar-refractivity contribution is -0.119. The number of aromatic nitrogens is 1. The zero-order valence-electron chi connectivity index (χ0n) is 16.8. The van der Waals surface area contributed by atoms with Gasteiger partial charge < -0.3 is 14.9 Å². The van der Waals surface area contributed by atoms with E-state index in [1.807, 2.05) is 49.1 Å². The Morgan fingerprint density at radius 2 is 2.00 bits per heavy atom. The molecule has 1 aliphatic rings. The predicted molar refractivity (Wildman–Crippen MR) is 109 cm³/mol. The normalized spacial score (nSPS) is 19.6. The molecule has 2 atom stereocenters. The van der Waals surface area contributed by atoms with Crippen molar-refractivity contribution in [3.63, 3.8) is 0 Å². The Balaban J connectivity index is 1.91. The van der Waals surface area contributed by atoms with E-state index in [9.17, 15) is 9.90 Å². The van der Waals surface area contributed by atoms with Gasteiger partial charge >= 0.3 is 0 Å². The molecule has 0 aliphatic carbocycles. The fourth-order valence-corrected chi connectivity index (χ4v) is 3.65. The molecule has 1 aromatic heterocycles. The van der Waals surface area contributed by atoms with E-state index in [2.05, 4.69) is 24.9 Å². The van der Waals surface area contributed by atoms with Gasteiger partial charge in [0.2, 0.25) is 5.91 Å². The number of aliphatic hydroxyl groups excluding tert-OH is 1. The Morgan fingerprint density at radius 3 is 2.67 bits per heavy atom. The molecule has 5 heteroatoms. The Labute approximate surface area is 161 Å². The number of hydrogen-bond donors (Lipinski definition) is 1. The summed E-state index contributed by atoms with van der Waals surface area (Å²) in [7, 11) is 1.79. The van der Waals surface area contributed by atoms with Gasteiger partial charge in [-0.3, -0.25) is 4.79 Å². The molecule has 5 nitrogen and oxygen atoms in total. The molecule has 3 rings (SSSR count). The molecule has 1 fully saturated rings. The van der Waals surface area contributed by atoms with Crippen LogP contribution in [-0.2, 0) is 4.79 Å². The van der Waals surface area contributed by atoms with Crippen LogP contribution in [0.5, 0.6) is 0 Å². The number of rotatable bonds is 4. The van der Waals surface area contributed by atoms with Crippen LogP contribution in [0.25, 0.3) is 0 Å². The summed E-state index contributed by atoms with van der Waals surface area (Å²) in [6, 6.07) is 11.6. The number of anilines is 2. The second-order valence-corrected chi connectivity index (χ2v) is 7.85. The average Bonchev–Trinajstić information content (AvgIpc) is 3.01. The molecular weight excluding hydrogens is 338 g/mol. The third-order valence-electron chi connectivity index (χ3n) is 5.21. The molecule has 2 heterocycles. The number of pyridine rings is 1. The van der Waals surface area contributed by atoms with Gasteiger partial charge in [0, 0.05) is 31.4 Å². The average molecular weight is 367 g/mol. The third-order valence-corrected chi connectivity index (χ3v) is 5.21. The van der Waals surface area contributed by atoms with E-state index in [-0.39, 0.29) is 5.91 Å². The van der Waals surface area contributed by atoms with E-state index >= 15 is 0 Å². The van der Waals surface area contributed by atoms with Gasteiger partial charge in [-0.2, -0.15) is 0 Å². The molecule has 0 spiro atoms. The summed E-state index contributed by atoms with van der Waals surface area (Å²) in [5, 5.41) is 10.3. The van der Waals surface area contributed by atoms with E-state index < -0.39 is 12.1 Å². The van der Waals surface area contributed by atoms with Crippen molar-refractivity contribution in [1.29, 1.82) is 0 Å². The molecule has 27 heavy (non-hydrogen) atoms. The van der Waals surface area contributed by atoms with Gasteiger partial charge in [0.15, 0.2) is 0 Å². The van der Waals surface area contributed by atoms with E-state index in [0.29, 0.717) is 18.9 Å². The maximum absolute atomic E-state index is 13.2. The summed E-state index contributed by atoms with van der Waals surface area (Å²) in [5.74, 6) is 1.12. The fraction of sp³-hybridized carbons (Fsp3) is 0.455. The number of β-amino-alcohol motifs (C(OH)–C–C–N with tert-alkyl or cyclic N) is 1. The van der Waals surface area contributed by atoms with Crippen molar-refractivity contribution >= 4 is 17.4 Å². The first-order valence-corrected chi connectivity index (χ1v) is 9.53. The zero-order valence-corrected chi connectivity index (χ0v) is 16.8. The lowest BCUT2D eigenvalue weighted by atomic mass is 10.0. The highest BCUT2D eigenvalue weighted by Gasteiger charge is 2.38. The maximum Gasteiger partial charge on any atom is 0.249 e. The molecule has 1 amide bonds. The molecule has 1 aromatic carbocycles. The molecule has 144 valence electrons. The van der Waals surface area contributed by atoms with Crippen LogP contribution < -0.4 is 9.80 Å². The largest absolute Gasteiger partial charge is 0.391 e. The topological polar surface area (TPSA) is 56.7 Å². The number of carbonyl (C=O) groups excluding carboxylic acids is 1. The van der Waals surface area contributed by atoms with Crippen molar-refractivity contribution in [3.05, 3.63) is 53.2 Å². The quantitative estimate of drug-likeness (QED) is 0.900. The highest BCUT2D eigenvalue weighted by atomic mass is 16.3. The SMILES string of the molecule is Cc1cccc(N(C)C(=O)[C@@H]2C[C@H](O)CN2c2cc(C(C)C)cc(C)n2)c1.